The Bertz CT molecular complexity index is 982. The number of fused-ring (bicyclic) bond motifs is 2. The highest BCUT2D eigenvalue weighted by molar-refractivity contribution is 7.22. The standard InChI is InChI=1S/C18H17N5S/c1-2-11-23-15-9-5-3-7-13(15)20-17(23)12-19-22-18-21-14-8-4-6-10-16(14)24-18/h3-10,12H,2,11H2,1H3,(H,21,22). The Labute approximate surface area is 143 Å². The molecule has 0 aliphatic carbocycles. The van der Waals surface area contributed by atoms with Crippen molar-refractivity contribution in [3.63, 3.8) is 0 Å². The van der Waals surface area contributed by atoms with Gasteiger partial charge in [-0.1, -0.05) is 42.5 Å². The quantitative estimate of drug-likeness (QED) is 0.431. The third-order valence-electron chi connectivity index (χ3n) is 3.77. The monoisotopic (exact) mass is 335 g/mol. The molecule has 2 aromatic carbocycles. The molecular weight excluding hydrogens is 318 g/mol. The summed E-state index contributed by atoms with van der Waals surface area (Å²) in [6.45, 7) is 3.08. The predicted octanol–water partition coefficient (Wildman–Crippen LogP) is 4.50. The number of aryl methyl sites for hydroxylation is 1. The van der Waals surface area contributed by atoms with E-state index in [0.29, 0.717) is 0 Å². The van der Waals surface area contributed by atoms with Crippen LogP contribution in [0.15, 0.2) is 53.6 Å². The lowest BCUT2D eigenvalue weighted by Crippen LogP contribution is -2.03. The number of hydrogen-bond donors (Lipinski definition) is 1. The number of anilines is 1. The summed E-state index contributed by atoms with van der Waals surface area (Å²) in [5, 5.41) is 5.12. The summed E-state index contributed by atoms with van der Waals surface area (Å²) < 4.78 is 3.34. The molecule has 4 rings (SSSR count). The lowest BCUT2D eigenvalue weighted by atomic mass is 10.3. The summed E-state index contributed by atoms with van der Waals surface area (Å²) in [4.78, 5) is 9.17. The normalized spacial score (nSPS) is 11.7. The number of para-hydroxylation sites is 3. The molecule has 0 radical (unpaired) electrons. The van der Waals surface area contributed by atoms with Crippen LogP contribution in [0.25, 0.3) is 21.3 Å². The molecular formula is C18H17N5S. The maximum atomic E-state index is 4.66. The molecule has 2 heterocycles. The van der Waals surface area contributed by atoms with E-state index in [0.717, 1.165) is 45.2 Å². The summed E-state index contributed by atoms with van der Waals surface area (Å²) in [7, 11) is 0. The Hall–Kier alpha value is -2.73. The van der Waals surface area contributed by atoms with Crippen LogP contribution in [-0.2, 0) is 6.54 Å². The predicted molar refractivity (Wildman–Crippen MR) is 101 cm³/mol. The molecule has 0 atom stereocenters. The van der Waals surface area contributed by atoms with Crippen LogP contribution in [0, 0.1) is 0 Å². The number of nitrogens with zero attached hydrogens (tertiary/aromatic N) is 4. The van der Waals surface area contributed by atoms with Gasteiger partial charge in [-0.15, -0.1) is 0 Å². The van der Waals surface area contributed by atoms with Gasteiger partial charge in [-0.25, -0.2) is 9.97 Å². The Morgan fingerprint density at radius 2 is 1.88 bits per heavy atom. The van der Waals surface area contributed by atoms with Crippen LogP contribution in [0.1, 0.15) is 19.2 Å². The first-order chi connectivity index (χ1) is 11.8. The van der Waals surface area contributed by atoms with Crippen molar-refractivity contribution in [3.8, 4) is 0 Å². The van der Waals surface area contributed by atoms with Crippen LogP contribution < -0.4 is 5.43 Å². The van der Waals surface area contributed by atoms with Gasteiger partial charge in [0, 0.05) is 6.54 Å². The van der Waals surface area contributed by atoms with Crippen molar-refractivity contribution in [2.45, 2.75) is 19.9 Å². The molecule has 120 valence electrons. The van der Waals surface area contributed by atoms with Gasteiger partial charge in [-0.2, -0.15) is 5.10 Å². The fourth-order valence-electron chi connectivity index (χ4n) is 2.72. The van der Waals surface area contributed by atoms with Gasteiger partial charge < -0.3 is 4.57 Å². The van der Waals surface area contributed by atoms with Crippen LogP contribution in [0.2, 0.25) is 0 Å². The van der Waals surface area contributed by atoms with Gasteiger partial charge in [0.15, 0.2) is 5.82 Å². The Balaban J connectivity index is 1.61. The van der Waals surface area contributed by atoms with Crippen LogP contribution in [-0.4, -0.2) is 20.7 Å². The maximum Gasteiger partial charge on any atom is 0.204 e. The third-order valence-corrected chi connectivity index (χ3v) is 4.71. The second kappa shape index (κ2) is 6.41. The molecule has 0 aliphatic heterocycles. The van der Waals surface area contributed by atoms with E-state index in [1.54, 1.807) is 17.6 Å². The van der Waals surface area contributed by atoms with Crippen molar-refractivity contribution in [1.29, 1.82) is 0 Å². The van der Waals surface area contributed by atoms with Crippen LogP contribution in [0.5, 0.6) is 0 Å². The number of thiazole rings is 1. The molecule has 0 amide bonds. The van der Waals surface area contributed by atoms with Gasteiger partial charge in [-0.05, 0) is 30.7 Å². The largest absolute Gasteiger partial charge is 0.323 e. The van der Waals surface area contributed by atoms with E-state index in [2.05, 4.69) is 44.1 Å². The smallest absolute Gasteiger partial charge is 0.204 e. The summed E-state index contributed by atoms with van der Waals surface area (Å²) in [6, 6.07) is 16.2. The SMILES string of the molecule is CCCn1c(C=NNc2nc3ccccc3s2)nc2ccccc21. The fraction of sp³-hybridized carbons (Fsp3) is 0.167. The van der Waals surface area contributed by atoms with Crippen molar-refractivity contribution >= 4 is 43.9 Å². The molecule has 1 N–H and O–H groups in total. The Morgan fingerprint density at radius 3 is 2.71 bits per heavy atom. The Morgan fingerprint density at radius 1 is 1.08 bits per heavy atom. The van der Waals surface area contributed by atoms with Crippen molar-refractivity contribution < 1.29 is 0 Å². The van der Waals surface area contributed by atoms with Gasteiger partial charge >= 0.3 is 0 Å². The van der Waals surface area contributed by atoms with E-state index >= 15 is 0 Å². The van der Waals surface area contributed by atoms with E-state index in [1.165, 1.54) is 0 Å². The van der Waals surface area contributed by atoms with Crippen molar-refractivity contribution in [1.82, 2.24) is 14.5 Å². The van der Waals surface area contributed by atoms with Crippen LogP contribution in [0.3, 0.4) is 0 Å². The number of benzene rings is 2. The minimum Gasteiger partial charge on any atom is -0.323 e. The number of aromatic nitrogens is 3. The highest BCUT2D eigenvalue weighted by Crippen LogP contribution is 2.25. The molecule has 0 bridgehead atoms. The van der Waals surface area contributed by atoms with E-state index in [9.17, 15) is 0 Å². The van der Waals surface area contributed by atoms with Crippen LogP contribution in [0.4, 0.5) is 5.13 Å². The van der Waals surface area contributed by atoms with E-state index in [4.69, 9.17) is 0 Å². The summed E-state index contributed by atoms with van der Waals surface area (Å²) >= 11 is 1.59. The zero-order valence-corrected chi connectivity index (χ0v) is 14.1. The molecule has 0 spiro atoms. The average Bonchev–Trinajstić information content (AvgIpc) is 3.17. The molecule has 0 fully saturated rings. The average molecular weight is 335 g/mol. The third kappa shape index (κ3) is 2.76. The van der Waals surface area contributed by atoms with Crippen molar-refractivity contribution in [3.05, 3.63) is 54.4 Å². The number of imidazole rings is 1. The van der Waals surface area contributed by atoms with Gasteiger partial charge in [-0.3, -0.25) is 5.43 Å². The molecule has 5 nitrogen and oxygen atoms in total. The fourth-order valence-corrected chi connectivity index (χ4v) is 3.53. The summed E-state index contributed by atoms with van der Waals surface area (Å²) in [6.07, 6.45) is 2.81. The second-order valence-corrected chi connectivity index (χ2v) is 6.50. The molecule has 6 heteroatoms. The summed E-state index contributed by atoms with van der Waals surface area (Å²) in [5.41, 5.74) is 6.14. The molecule has 0 aliphatic rings. The Kier molecular flexibility index (Phi) is 3.96. The lowest BCUT2D eigenvalue weighted by molar-refractivity contribution is 0.693. The minimum atomic E-state index is 0.783. The topological polar surface area (TPSA) is 55.1 Å². The molecule has 2 aromatic heterocycles. The van der Waals surface area contributed by atoms with Gasteiger partial charge in [0.2, 0.25) is 5.13 Å². The molecule has 24 heavy (non-hydrogen) atoms. The van der Waals surface area contributed by atoms with Gasteiger partial charge in [0.05, 0.1) is 27.5 Å². The number of rotatable bonds is 5. The van der Waals surface area contributed by atoms with Crippen molar-refractivity contribution in [2.75, 3.05) is 5.43 Å². The summed E-state index contributed by atoms with van der Waals surface area (Å²) in [5.74, 6) is 0.853. The van der Waals surface area contributed by atoms with Gasteiger partial charge in [0.1, 0.15) is 0 Å². The number of hydrogen-bond acceptors (Lipinski definition) is 5. The van der Waals surface area contributed by atoms with E-state index in [-0.39, 0.29) is 0 Å². The molecule has 4 aromatic rings. The first-order valence-electron chi connectivity index (χ1n) is 7.95. The van der Waals surface area contributed by atoms with E-state index < -0.39 is 0 Å². The number of hydrazone groups is 1. The zero-order valence-electron chi connectivity index (χ0n) is 13.3. The highest BCUT2D eigenvalue weighted by Gasteiger charge is 2.07. The molecule has 0 saturated carbocycles. The first-order valence-corrected chi connectivity index (χ1v) is 8.76. The van der Waals surface area contributed by atoms with Crippen molar-refractivity contribution in [2.24, 2.45) is 5.10 Å². The maximum absolute atomic E-state index is 4.66. The van der Waals surface area contributed by atoms with Crippen LogP contribution >= 0.6 is 11.3 Å². The first kappa shape index (κ1) is 14.8. The number of nitrogens with one attached hydrogen (secondary N) is 1. The lowest BCUT2D eigenvalue weighted by Gasteiger charge is -2.03. The van der Waals surface area contributed by atoms with E-state index in [1.807, 2.05) is 36.4 Å². The molecule has 0 saturated heterocycles. The minimum absolute atomic E-state index is 0.783. The van der Waals surface area contributed by atoms with Gasteiger partial charge in [0.25, 0.3) is 0 Å². The molecule has 0 unspecified atom stereocenters. The highest BCUT2D eigenvalue weighted by atomic mass is 32.1. The zero-order chi connectivity index (χ0) is 16.4. The second-order valence-electron chi connectivity index (χ2n) is 5.47.